The van der Waals surface area contributed by atoms with E-state index >= 15 is 0 Å². The molecule has 2 N–H and O–H groups in total. The molecule has 17 heteroatoms. The highest BCUT2D eigenvalue weighted by molar-refractivity contribution is 8.73. The molecule has 0 amide bonds. The molecule has 0 bridgehead atoms. The molecule has 0 heterocycles. The summed E-state index contributed by atoms with van der Waals surface area (Å²) in [4.78, 5) is 22.8. The van der Waals surface area contributed by atoms with Crippen LogP contribution in [0.2, 0.25) is 0 Å². The summed E-state index contributed by atoms with van der Waals surface area (Å²) in [7, 11) is 0. The Morgan fingerprint density at radius 2 is 0.812 bits per heavy atom. The van der Waals surface area contributed by atoms with Crippen molar-refractivity contribution < 1.29 is 68.6 Å². The van der Waals surface area contributed by atoms with Gasteiger partial charge in [0.2, 0.25) is 0 Å². The molecule has 15 nitrogen and oxygen atoms in total. The second-order valence-corrected chi connectivity index (χ2v) is 13.0. The molecule has 288 valence electrons. The third kappa shape index (κ3) is 45.5. The molecule has 0 aliphatic carbocycles. The fourth-order valence-electron chi connectivity index (χ4n) is 5.06. The Labute approximate surface area is 295 Å². The second kappa shape index (κ2) is 44.5. The van der Waals surface area contributed by atoms with Gasteiger partial charge in [0.15, 0.2) is 11.1 Å². The van der Waals surface area contributed by atoms with E-state index in [0.29, 0.717) is 28.8 Å². The Balaban J connectivity index is 3.04. The van der Waals surface area contributed by atoms with Gasteiger partial charge >= 0.3 is 6.16 Å². The predicted octanol–water partition coefficient (Wildman–Crippen LogP) is 11.7. The summed E-state index contributed by atoms with van der Waals surface area (Å²) in [5, 5.41) is 35.7. The highest BCUT2D eigenvalue weighted by Crippen LogP contribution is 2.23. The molecule has 0 saturated heterocycles. The van der Waals surface area contributed by atoms with Crippen molar-refractivity contribution in [3.05, 3.63) is 0 Å². The number of rotatable bonds is 43. The van der Waals surface area contributed by atoms with E-state index in [0.717, 1.165) is 19.3 Å². The normalized spacial score (nSPS) is 11.4. The van der Waals surface area contributed by atoms with Gasteiger partial charge in [0.25, 0.3) is 0 Å². The lowest BCUT2D eigenvalue weighted by Crippen LogP contribution is -2.15. The van der Waals surface area contributed by atoms with Gasteiger partial charge in [0.1, 0.15) is 11.1 Å². The zero-order valence-corrected chi connectivity index (χ0v) is 30.7. The molecule has 0 aromatic rings. The van der Waals surface area contributed by atoms with Crippen molar-refractivity contribution >= 4 is 28.3 Å². The van der Waals surface area contributed by atoms with Crippen molar-refractivity contribution in [3.63, 3.8) is 0 Å². The minimum atomic E-state index is -1.51. The van der Waals surface area contributed by atoms with E-state index in [1.165, 1.54) is 161 Å². The van der Waals surface area contributed by atoms with Gasteiger partial charge in [-0.05, 0) is 47.3 Å². The summed E-state index contributed by atoms with van der Waals surface area (Å²) in [6, 6.07) is 0. The van der Waals surface area contributed by atoms with E-state index < -0.39 is 6.16 Å². The average Bonchev–Trinajstić information content (AvgIpc) is 3.08. The molecule has 0 aliphatic rings. The first-order valence-corrected chi connectivity index (χ1v) is 20.0. The summed E-state index contributed by atoms with van der Waals surface area (Å²) in [6.07, 6.45) is 36.6. The summed E-state index contributed by atoms with van der Waals surface area (Å²) in [5.74, 6) is 0. The quantitative estimate of drug-likeness (QED) is 0.0200. The van der Waals surface area contributed by atoms with E-state index in [-0.39, 0.29) is 0 Å². The molecule has 0 aromatic carbocycles. The van der Waals surface area contributed by atoms with E-state index in [4.69, 9.17) is 9.99 Å². The smallest absolute Gasteiger partial charge is 0.449 e. The van der Waals surface area contributed by atoms with Crippen LogP contribution in [0.4, 0.5) is 4.79 Å². The first-order chi connectivity index (χ1) is 23.8. The Morgan fingerprint density at radius 1 is 0.458 bits per heavy atom. The molecule has 0 spiro atoms. The fourth-order valence-corrected chi connectivity index (χ4v) is 5.64. The topological polar surface area (TPSA) is 160 Å². The van der Waals surface area contributed by atoms with Gasteiger partial charge in [0.05, 0.1) is 6.61 Å². The monoisotopic (exact) mass is 737 g/mol. The Morgan fingerprint density at radius 3 is 1.21 bits per heavy atom. The number of hydrogen-bond donors (Lipinski definition) is 2. The maximum atomic E-state index is 10.0. The van der Waals surface area contributed by atoms with Gasteiger partial charge in [0, 0.05) is 0 Å². The van der Waals surface area contributed by atoms with Crippen LogP contribution in [0.1, 0.15) is 187 Å². The van der Waals surface area contributed by atoms with Gasteiger partial charge in [-0.15, -0.1) is 9.32 Å². The molecule has 0 atom stereocenters. The number of hydrogen-bond acceptors (Lipinski definition) is 16. The lowest BCUT2D eigenvalue weighted by Gasteiger charge is -2.04. The predicted molar refractivity (Wildman–Crippen MR) is 179 cm³/mol. The van der Waals surface area contributed by atoms with Gasteiger partial charge in [-0.25, -0.2) is 9.68 Å². The maximum absolute atomic E-state index is 10.0. The lowest BCUT2D eigenvalue weighted by atomic mass is 10.0. The molecule has 0 rings (SSSR count). The minimum Gasteiger partial charge on any atom is -0.449 e. The maximum Gasteiger partial charge on any atom is 0.519 e. The van der Waals surface area contributed by atoms with E-state index in [9.17, 15) is 4.79 Å². The Kier molecular flexibility index (Phi) is 44.0. The Hall–Kier alpha value is -0.510. The van der Waals surface area contributed by atoms with Crippen LogP contribution in [0, 0.1) is 0 Å². The SMILES string of the molecule is CCCCCCCCCCCCCCCCCCCCCCCCCCCCCCOOOOOOOOONOOSSOC(=O)O. The Bertz CT molecular complexity index is 620. The molecule has 0 saturated carbocycles. The molecule has 0 radical (unpaired) electrons. The van der Waals surface area contributed by atoms with Crippen LogP contribution >= 0.6 is 22.1 Å². The average molecular weight is 738 g/mol. The van der Waals surface area contributed by atoms with Crippen molar-refractivity contribution in [1.82, 2.24) is 5.64 Å². The third-order valence-corrected chi connectivity index (χ3v) is 8.52. The van der Waals surface area contributed by atoms with Gasteiger partial charge < -0.3 is 9.29 Å². The highest BCUT2D eigenvalue weighted by atomic mass is 33.1. The van der Waals surface area contributed by atoms with Crippen LogP contribution in [-0.2, 0) is 58.6 Å². The van der Waals surface area contributed by atoms with E-state index in [2.05, 4.69) is 60.7 Å². The molecule has 0 aromatic heterocycles. The van der Waals surface area contributed by atoms with Crippen molar-refractivity contribution in [2.75, 3.05) is 6.61 Å². The molecular weight excluding hydrogens is 674 g/mol. The third-order valence-electron chi connectivity index (χ3n) is 7.59. The van der Waals surface area contributed by atoms with Crippen LogP contribution in [0.5, 0.6) is 0 Å². The zero-order valence-electron chi connectivity index (χ0n) is 29.1. The number of nitrogens with one attached hydrogen (secondary N) is 1. The standard InChI is InChI=1S/C31H63NO14S2/c1-2-3-4-5-6-7-8-9-10-11-12-13-14-15-16-17-18-19-20-21-22-23-24-25-26-27-28-29-30-35-39-41-43-45-44-42-40-37-32-38-46-48-47-36-31(33)34/h32H,2-30H2,1H3,(H,33,34). The van der Waals surface area contributed by atoms with Gasteiger partial charge in [-0.2, -0.15) is 0 Å². The largest absolute Gasteiger partial charge is 0.519 e. The summed E-state index contributed by atoms with van der Waals surface area (Å²) < 4.78 is 8.24. The number of unbranched alkanes of at least 4 members (excludes halogenated alkanes) is 27. The molecule has 0 aliphatic heterocycles. The van der Waals surface area contributed by atoms with Crippen LogP contribution in [0.25, 0.3) is 0 Å². The van der Waals surface area contributed by atoms with Crippen molar-refractivity contribution in [1.29, 1.82) is 0 Å². The molecule has 0 unspecified atom stereocenters. The number of carbonyl (C=O) groups is 1. The summed E-state index contributed by atoms with van der Waals surface area (Å²) >= 11 is 0.777. The van der Waals surface area contributed by atoms with Crippen molar-refractivity contribution in [2.45, 2.75) is 187 Å². The second-order valence-electron chi connectivity index (χ2n) is 11.6. The van der Waals surface area contributed by atoms with E-state index in [1.807, 2.05) is 0 Å². The van der Waals surface area contributed by atoms with Crippen molar-refractivity contribution in [2.24, 2.45) is 0 Å². The molecule has 0 fully saturated rings. The van der Waals surface area contributed by atoms with Gasteiger partial charge in [-0.1, -0.05) is 185 Å². The number of carboxylic acid groups (broad SMARTS) is 1. The van der Waals surface area contributed by atoms with Crippen molar-refractivity contribution in [3.8, 4) is 0 Å². The first kappa shape index (κ1) is 47.5. The van der Waals surface area contributed by atoms with Crippen LogP contribution < -0.4 is 5.64 Å². The summed E-state index contributed by atoms with van der Waals surface area (Å²) in [5.41, 5.74) is 1.59. The molecule has 48 heavy (non-hydrogen) atoms. The lowest BCUT2D eigenvalue weighted by molar-refractivity contribution is -0.835. The van der Waals surface area contributed by atoms with Crippen LogP contribution in [0.3, 0.4) is 0 Å². The zero-order chi connectivity index (χ0) is 34.7. The van der Waals surface area contributed by atoms with Crippen LogP contribution in [-0.4, -0.2) is 17.9 Å². The van der Waals surface area contributed by atoms with Crippen LogP contribution in [0.15, 0.2) is 0 Å². The first-order valence-electron chi connectivity index (χ1n) is 18.0. The van der Waals surface area contributed by atoms with E-state index in [1.54, 1.807) is 5.64 Å². The molecular formula is C31H63NO14S2. The van der Waals surface area contributed by atoms with Gasteiger partial charge in [-0.3, -0.25) is 0 Å². The summed E-state index contributed by atoms with van der Waals surface area (Å²) in [6.45, 7) is 2.61. The minimum absolute atomic E-state index is 0.323. The highest BCUT2D eigenvalue weighted by Gasteiger charge is 2.01. The fraction of sp³-hybridized carbons (Fsp3) is 0.968.